The number of aryl methyl sites for hydroxylation is 4. The molecule has 0 saturated heterocycles. The summed E-state index contributed by atoms with van der Waals surface area (Å²) in [6.07, 6.45) is 9.14. The van der Waals surface area contributed by atoms with E-state index in [1.807, 2.05) is 26.0 Å². The minimum Gasteiger partial charge on any atom is -0.496 e. The fraction of sp³-hybridized carbons (Fsp3) is 0.310. The second-order valence-electron chi connectivity index (χ2n) is 18.0. The van der Waals surface area contributed by atoms with Crippen LogP contribution in [-0.2, 0) is 10.8 Å². The highest BCUT2D eigenvalue weighted by molar-refractivity contribution is 5.98. The zero-order valence-electron chi connectivity index (χ0n) is 39.5. The van der Waals surface area contributed by atoms with Crippen molar-refractivity contribution < 1.29 is 38.1 Å². The number of Topliss-reactive ketones (excluding diaryl/α,β-unsaturated/α-hetero) is 2. The minimum absolute atomic E-state index is 0.0331. The molecule has 66 heavy (non-hydrogen) atoms. The number of carbonyl (C=O) groups is 4. The Morgan fingerprint density at radius 3 is 1.08 bits per heavy atom. The van der Waals surface area contributed by atoms with Crippen molar-refractivity contribution in [3.63, 3.8) is 0 Å². The lowest BCUT2D eigenvalue weighted by atomic mass is 9.72. The van der Waals surface area contributed by atoms with E-state index in [9.17, 15) is 19.2 Å². The highest BCUT2D eigenvalue weighted by Crippen LogP contribution is 2.49. The first-order chi connectivity index (χ1) is 31.7. The molecule has 0 amide bonds. The van der Waals surface area contributed by atoms with E-state index in [1.165, 1.54) is 61.8 Å². The summed E-state index contributed by atoms with van der Waals surface area (Å²) in [5.41, 5.74) is 11.0. The van der Waals surface area contributed by atoms with Gasteiger partial charge in [0.05, 0.1) is 25.3 Å². The van der Waals surface area contributed by atoms with Gasteiger partial charge in [-0.15, -0.1) is 0 Å². The average Bonchev–Trinajstić information content (AvgIpc) is 4.03. The van der Waals surface area contributed by atoms with Crippen LogP contribution in [0.4, 0.5) is 0 Å². The summed E-state index contributed by atoms with van der Waals surface area (Å²) in [5, 5.41) is 0. The Balaban J connectivity index is 0.000000196. The van der Waals surface area contributed by atoms with Crippen LogP contribution in [0, 0.1) is 27.7 Å². The van der Waals surface area contributed by atoms with E-state index in [2.05, 4.69) is 74.5 Å². The summed E-state index contributed by atoms with van der Waals surface area (Å²) in [6, 6.07) is 38.5. The largest absolute Gasteiger partial charge is 0.496 e. The second-order valence-corrected chi connectivity index (χ2v) is 18.0. The molecule has 2 aliphatic carbocycles. The molecule has 8 heteroatoms. The summed E-state index contributed by atoms with van der Waals surface area (Å²) in [5.74, 6) is 1.89. The molecule has 0 unspecified atom stereocenters. The molecule has 8 nitrogen and oxygen atoms in total. The molecule has 0 N–H and O–H groups in total. The van der Waals surface area contributed by atoms with Crippen LogP contribution in [-0.4, -0.2) is 37.7 Å². The molecule has 340 valence electrons. The number of hydrogen-bond donors (Lipinski definition) is 0. The van der Waals surface area contributed by atoms with Gasteiger partial charge in [-0.1, -0.05) is 98.5 Å². The van der Waals surface area contributed by atoms with E-state index in [0.717, 1.165) is 59.4 Å². The maximum atomic E-state index is 12.7. The number of carbonyl (C=O) groups excluding carboxylic acids is 4. The van der Waals surface area contributed by atoms with Gasteiger partial charge < -0.3 is 18.9 Å². The highest BCUT2D eigenvalue weighted by Gasteiger charge is 2.39. The molecule has 2 saturated carbocycles. The van der Waals surface area contributed by atoms with Crippen LogP contribution in [0.3, 0.4) is 0 Å². The van der Waals surface area contributed by atoms with E-state index in [0.29, 0.717) is 33.8 Å². The lowest BCUT2D eigenvalue weighted by Crippen LogP contribution is -2.24. The third-order valence-electron chi connectivity index (χ3n) is 13.7. The van der Waals surface area contributed by atoms with Crippen LogP contribution in [0.1, 0.15) is 151 Å². The zero-order chi connectivity index (χ0) is 47.2. The van der Waals surface area contributed by atoms with E-state index in [-0.39, 0.29) is 22.4 Å². The van der Waals surface area contributed by atoms with Crippen molar-refractivity contribution in [2.45, 2.75) is 104 Å². The number of ketones is 2. The first kappa shape index (κ1) is 47.2. The fourth-order valence-electron chi connectivity index (χ4n) is 9.94. The monoisotopic (exact) mass is 884 g/mol. The van der Waals surface area contributed by atoms with Crippen molar-refractivity contribution in [3.8, 4) is 23.0 Å². The molecular formula is C58H60O8. The van der Waals surface area contributed by atoms with Gasteiger partial charge >= 0.3 is 11.9 Å². The third-order valence-corrected chi connectivity index (χ3v) is 13.7. The van der Waals surface area contributed by atoms with Gasteiger partial charge in [-0.05, 0) is 160 Å². The number of ether oxygens (including phenoxy) is 4. The number of esters is 2. The van der Waals surface area contributed by atoms with Gasteiger partial charge in [0, 0.05) is 22.0 Å². The normalized spacial score (nSPS) is 14.7. The van der Waals surface area contributed by atoms with Crippen LogP contribution in [0.15, 0.2) is 121 Å². The van der Waals surface area contributed by atoms with Crippen LogP contribution in [0.25, 0.3) is 0 Å². The van der Waals surface area contributed by atoms with Crippen LogP contribution in [0.5, 0.6) is 23.0 Å². The number of rotatable bonds is 12. The minimum atomic E-state index is -0.463. The topological polar surface area (TPSA) is 105 Å². The molecule has 6 aromatic rings. The molecule has 0 heterocycles. The zero-order valence-corrected chi connectivity index (χ0v) is 39.5. The molecule has 8 rings (SSSR count). The maximum absolute atomic E-state index is 12.7. The van der Waals surface area contributed by atoms with Crippen LogP contribution in [0.2, 0.25) is 0 Å². The van der Waals surface area contributed by atoms with Gasteiger partial charge in [0.15, 0.2) is 11.6 Å². The van der Waals surface area contributed by atoms with Gasteiger partial charge in [0.1, 0.15) is 23.0 Å². The van der Waals surface area contributed by atoms with Crippen LogP contribution >= 0.6 is 0 Å². The fourth-order valence-corrected chi connectivity index (χ4v) is 9.94. The van der Waals surface area contributed by atoms with Crippen molar-refractivity contribution in [1.82, 2.24) is 0 Å². The number of methoxy groups -OCH3 is 2. The Morgan fingerprint density at radius 1 is 0.394 bits per heavy atom. The van der Waals surface area contributed by atoms with Gasteiger partial charge in [-0.2, -0.15) is 0 Å². The van der Waals surface area contributed by atoms with E-state index >= 15 is 0 Å². The van der Waals surface area contributed by atoms with Crippen LogP contribution < -0.4 is 18.9 Å². The summed E-state index contributed by atoms with van der Waals surface area (Å²) in [6.45, 7) is 11.1. The highest BCUT2D eigenvalue weighted by atomic mass is 16.5. The first-order valence-corrected chi connectivity index (χ1v) is 22.9. The number of hydrogen-bond acceptors (Lipinski definition) is 8. The van der Waals surface area contributed by atoms with E-state index in [1.54, 1.807) is 62.8 Å². The standard InChI is InChI=1S/2C29H30O4/c1-19-17-24(11-13-26(19)32-4)29(15-5-6-16-29)25-12-14-27(20(2)18-25)33-28(31)23-9-7-22(8-10-23)21(3)30;1-19-16-24(10-12-26(19)32-4)29(14-5-6-15-29)25-11-13-27(20(2)17-25)33-28(31)23-9-7-8-22(18-23)21(3)30/h7-14,17-18H,5-6,15-16H2,1-4H3;7-13,16-18H,5-6,14-15H2,1-4H3. The third kappa shape index (κ3) is 9.88. The van der Waals surface area contributed by atoms with Crippen molar-refractivity contribution in [3.05, 3.63) is 188 Å². The average molecular weight is 885 g/mol. The molecule has 0 aliphatic heterocycles. The van der Waals surface area contributed by atoms with E-state index in [4.69, 9.17) is 18.9 Å². The molecular weight excluding hydrogens is 825 g/mol. The summed E-state index contributed by atoms with van der Waals surface area (Å²) >= 11 is 0. The quantitative estimate of drug-likeness (QED) is 0.0680. The SMILES string of the molecule is COc1ccc(C2(c3ccc(OC(=O)c4ccc(C(C)=O)cc4)c(C)c3)CCCC2)cc1C.COc1ccc(C2(c3ccc(OC(=O)c4cccc(C(C)=O)c4)c(C)c3)CCCC2)cc1C. The van der Waals surface area contributed by atoms with Crippen molar-refractivity contribution in [2.24, 2.45) is 0 Å². The first-order valence-electron chi connectivity index (χ1n) is 22.9. The Hall–Kier alpha value is -6.80. The molecule has 6 aromatic carbocycles. The molecule has 2 fully saturated rings. The molecule has 0 spiro atoms. The van der Waals surface area contributed by atoms with Gasteiger partial charge in [-0.25, -0.2) is 9.59 Å². The van der Waals surface area contributed by atoms with Crippen molar-refractivity contribution in [2.75, 3.05) is 14.2 Å². The second kappa shape index (κ2) is 20.2. The Labute approximate surface area is 389 Å². The predicted octanol–water partition coefficient (Wildman–Crippen LogP) is 13.2. The lowest BCUT2D eigenvalue weighted by molar-refractivity contribution is 0.0724. The number of benzene rings is 6. The molecule has 0 aromatic heterocycles. The molecule has 2 aliphatic rings. The predicted molar refractivity (Wildman–Crippen MR) is 259 cm³/mol. The van der Waals surface area contributed by atoms with Crippen molar-refractivity contribution >= 4 is 23.5 Å². The maximum Gasteiger partial charge on any atom is 0.343 e. The van der Waals surface area contributed by atoms with Gasteiger partial charge in [0.2, 0.25) is 0 Å². The Kier molecular flexibility index (Phi) is 14.4. The molecule has 0 bridgehead atoms. The Bertz CT molecular complexity index is 2770. The molecule has 0 radical (unpaired) electrons. The molecule has 0 atom stereocenters. The summed E-state index contributed by atoms with van der Waals surface area (Å²) in [7, 11) is 3.40. The summed E-state index contributed by atoms with van der Waals surface area (Å²) < 4.78 is 22.3. The van der Waals surface area contributed by atoms with E-state index < -0.39 is 11.9 Å². The smallest absolute Gasteiger partial charge is 0.343 e. The van der Waals surface area contributed by atoms with Gasteiger partial charge in [-0.3, -0.25) is 9.59 Å². The lowest BCUT2D eigenvalue weighted by Gasteiger charge is -2.31. The summed E-state index contributed by atoms with van der Waals surface area (Å²) in [4.78, 5) is 48.5. The Morgan fingerprint density at radius 2 is 0.727 bits per heavy atom. The van der Waals surface area contributed by atoms with Gasteiger partial charge in [0.25, 0.3) is 0 Å². The van der Waals surface area contributed by atoms with Crippen molar-refractivity contribution in [1.29, 1.82) is 0 Å².